The average molecular weight is 575 g/mol. The molecule has 0 aliphatic carbocycles. The molecule has 5 aromatic rings. The number of sulfonamides is 1. The zero-order valence-corrected chi connectivity index (χ0v) is 23.7. The fraction of sp³-hybridized carbons (Fsp3) is 0.172. The molecular formula is C29H26N4O5S2. The number of para-hydroxylation sites is 1. The van der Waals surface area contributed by atoms with Gasteiger partial charge in [0.15, 0.2) is 0 Å². The van der Waals surface area contributed by atoms with Crippen LogP contribution in [0.15, 0.2) is 92.2 Å². The standard InChI is InChI=1S/C29H26N4O5S2/c1-4-32(5-2)40(36,37)22-13-11-20(12-14-22)28(35)33(29-31-24-15-10-19(3)16-26(24)39-29)30-17-21-18-38-25-9-7-6-8-23(25)27(21)34/h6-18H,4-5H2,1-3H3/b30-17+. The molecule has 0 bridgehead atoms. The van der Waals surface area contributed by atoms with Crippen LogP contribution in [0.1, 0.15) is 35.3 Å². The first-order valence-corrected chi connectivity index (χ1v) is 14.8. The van der Waals surface area contributed by atoms with Gasteiger partial charge < -0.3 is 4.42 Å². The third kappa shape index (κ3) is 5.18. The highest BCUT2D eigenvalue weighted by Crippen LogP contribution is 2.31. The Bertz CT molecular complexity index is 1910. The van der Waals surface area contributed by atoms with Crippen molar-refractivity contribution in [2.45, 2.75) is 25.7 Å². The lowest BCUT2D eigenvalue weighted by Gasteiger charge is -2.19. The number of hydrazone groups is 1. The Morgan fingerprint density at radius 3 is 2.50 bits per heavy atom. The second kappa shape index (κ2) is 11.1. The van der Waals surface area contributed by atoms with Crippen molar-refractivity contribution in [3.05, 3.63) is 99.9 Å². The highest BCUT2D eigenvalue weighted by molar-refractivity contribution is 7.89. The van der Waals surface area contributed by atoms with Gasteiger partial charge in [-0.3, -0.25) is 9.59 Å². The summed E-state index contributed by atoms with van der Waals surface area (Å²) in [7, 11) is -3.68. The van der Waals surface area contributed by atoms with Crippen molar-refractivity contribution in [1.29, 1.82) is 0 Å². The van der Waals surface area contributed by atoms with Crippen molar-refractivity contribution in [3.63, 3.8) is 0 Å². The molecule has 0 radical (unpaired) electrons. The van der Waals surface area contributed by atoms with Crippen LogP contribution in [0.4, 0.5) is 5.13 Å². The van der Waals surface area contributed by atoms with E-state index in [1.54, 1.807) is 38.1 Å². The predicted molar refractivity (Wildman–Crippen MR) is 158 cm³/mol. The van der Waals surface area contributed by atoms with Gasteiger partial charge in [-0.25, -0.2) is 13.4 Å². The number of carbonyl (C=O) groups excluding carboxylic acids is 1. The molecule has 5 rings (SSSR count). The summed E-state index contributed by atoms with van der Waals surface area (Å²) in [5.41, 5.74) is 2.26. The Balaban J connectivity index is 1.55. The molecule has 0 aliphatic rings. The highest BCUT2D eigenvalue weighted by Gasteiger charge is 2.24. The predicted octanol–water partition coefficient (Wildman–Crippen LogP) is 5.42. The van der Waals surface area contributed by atoms with Gasteiger partial charge in [0, 0.05) is 18.7 Å². The van der Waals surface area contributed by atoms with Crippen LogP contribution < -0.4 is 10.4 Å². The Kier molecular flexibility index (Phi) is 7.61. The zero-order valence-electron chi connectivity index (χ0n) is 22.1. The number of hydrogen-bond donors (Lipinski definition) is 0. The lowest BCUT2D eigenvalue weighted by atomic mass is 10.2. The molecule has 0 saturated carbocycles. The Labute approximate surface area is 235 Å². The van der Waals surface area contributed by atoms with E-state index in [9.17, 15) is 18.0 Å². The molecule has 2 aromatic heterocycles. The van der Waals surface area contributed by atoms with E-state index in [-0.39, 0.29) is 21.5 Å². The number of aryl methyl sites for hydroxylation is 1. The van der Waals surface area contributed by atoms with Gasteiger partial charge in [0.1, 0.15) is 11.8 Å². The lowest BCUT2D eigenvalue weighted by molar-refractivity contribution is 0.0987. The van der Waals surface area contributed by atoms with Gasteiger partial charge in [0.2, 0.25) is 20.6 Å². The molecule has 40 heavy (non-hydrogen) atoms. The van der Waals surface area contributed by atoms with Gasteiger partial charge in [-0.15, -0.1) is 0 Å². The average Bonchev–Trinajstić information content (AvgIpc) is 3.37. The van der Waals surface area contributed by atoms with E-state index in [4.69, 9.17) is 4.42 Å². The van der Waals surface area contributed by atoms with E-state index < -0.39 is 15.9 Å². The fourth-order valence-corrected chi connectivity index (χ4v) is 6.68. The molecule has 11 heteroatoms. The molecule has 0 spiro atoms. The molecule has 0 saturated heterocycles. The molecule has 3 aromatic carbocycles. The Morgan fingerprint density at radius 1 is 1.05 bits per heavy atom. The van der Waals surface area contributed by atoms with E-state index >= 15 is 0 Å². The number of fused-ring (bicyclic) bond motifs is 2. The number of aromatic nitrogens is 1. The first kappa shape index (κ1) is 27.4. The van der Waals surface area contributed by atoms with Crippen LogP contribution in [-0.2, 0) is 10.0 Å². The van der Waals surface area contributed by atoms with Crippen LogP contribution in [0.2, 0.25) is 0 Å². The summed E-state index contributed by atoms with van der Waals surface area (Å²) in [6, 6.07) is 18.3. The molecule has 0 atom stereocenters. The van der Waals surface area contributed by atoms with Gasteiger partial charge in [0.25, 0.3) is 5.91 Å². The van der Waals surface area contributed by atoms with Crippen LogP contribution in [0.25, 0.3) is 21.2 Å². The Morgan fingerprint density at radius 2 is 1.77 bits per heavy atom. The molecule has 1 amide bonds. The molecule has 204 valence electrons. The summed E-state index contributed by atoms with van der Waals surface area (Å²) in [6.07, 6.45) is 2.57. The summed E-state index contributed by atoms with van der Waals surface area (Å²) in [4.78, 5) is 31.4. The molecular weight excluding hydrogens is 548 g/mol. The van der Waals surface area contributed by atoms with Gasteiger partial charge in [-0.05, 0) is 61.0 Å². The number of anilines is 1. The fourth-order valence-electron chi connectivity index (χ4n) is 4.21. The number of rotatable bonds is 8. The number of carbonyl (C=O) groups is 1. The molecule has 0 aliphatic heterocycles. The van der Waals surface area contributed by atoms with Crippen LogP contribution in [0.3, 0.4) is 0 Å². The quantitative estimate of drug-likeness (QED) is 0.181. The second-order valence-corrected chi connectivity index (χ2v) is 11.9. The minimum absolute atomic E-state index is 0.0898. The first-order chi connectivity index (χ1) is 19.2. The summed E-state index contributed by atoms with van der Waals surface area (Å²) < 4.78 is 33.6. The van der Waals surface area contributed by atoms with Gasteiger partial charge in [0.05, 0.1) is 32.3 Å². The maximum Gasteiger partial charge on any atom is 0.280 e. The van der Waals surface area contributed by atoms with E-state index in [0.29, 0.717) is 34.7 Å². The van der Waals surface area contributed by atoms with Crippen molar-refractivity contribution >= 4 is 59.8 Å². The van der Waals surface area contributed by atoms with Crippen molar-refractivity contribution in [2.75, 3.05) is 18.1 Å². The number of thiazole rings is 1. The van der Waals surface area contributed by atoms with Gasteiger partial charge in [-0.1, -0.05) is 43.4 Å². The maximum absolute atomic E-state index is 13.7. The van der Waals surface area contributed by atoms with Crippen LogP contribution in [0.5, 0.6) is 0 Å². The molecule has 2 heterocycles. The third-order valence-electron chi connectivity index (χ3n) is 6.37. The largest absolute Gasteiger partial charge is 0.463 e. The first-order valence-electron chi connectivity index (χ1n) is 12.6. The monoisotopic (exact) mass is 574 g/mol. The minimum atomic E-state index is -3.68. The summed E-state index contributed by atoms with van der Waals surface area (Å²) in [5, 5.41) is 6.18. The normalized spacial score (nSPS) is 12.1. The van der Waals surface area contributed by atoms with Crippen molar-refractivity contribution < 1.29 is 17.6 Å². The number of amides is 1. The second-order valence-electron chi connectivity index (χ2n) is 8.96. The molecule has 9 nitrogen and oxygen atoms in total. The van der Waals surface area contributed by atoms with E-state index in [2.05, 4.69) is 10.1 Å². The van der Waals surface area contributed by atoms with Crippen LogP contribution in [0, 0.1) is 6.92 Å². The third-order valence-corrected chi connectivity index (χ3v) is 9.43. The topological polar surface area (TPSA) is 113 Å². The van der Waals surface area contributed by atoms with Gasteiger partial charge in [-0.2, -0.15) is 14.4 Å². The van der Waals surface area contributed by atoms with E-state index in [1.807, 2.05) is 25.1 Å². The number of hydrogen-bond acceptors (Lipinski definition) is 8. The van der Waals surface area contributed by atoms with E-state index in [1.165, 1.54) is 52.4 Å². The molecule has 0 fully saturated rings. The minimum Gasteiger partial charge on any atom is -0.463 e. The zero-order chi connectivity index (χ0) is 28.4. The van der Waals surface area contributed by atoms with Crippen molar-refractivity contribution in [3.8, 4) is 0 Å². The SMILES string of the molecule is CCN(CC)S(=O)(=O)c1ccc(C(=O)N(/N=C/c2coc3ccccc3c2=O)c2nc3ccc(C)cc3s2)cc1. The number of benzene rings is 3. The highest BCUT2D eigenvalue weighted by atomic mass is 32.2. The smallest absolute Gasteiger partial charge is 0.280 e. The van der Waals surface area contributed by atoms with Crippen molar-refractivity contribution in [2.24, 2.45) is 5.10 Å². The van der Waals surface area contributed by atoms with Crippen LogP contribution in [-0.4, -0.2) is 42.9 Å². The summed E-state index contributed by atoms with van der Waals surface area (Å²) >= 11 is 1.28. The van der Waals surface area contributed by atoms with E-state index in [0.717, 1.165) is 15.3 Å². The summed E-state index contributed by atoms with van der Waals surface area (Å²) in [6.45, 7) is 6.17. The van der Waals surface area contributed by atoms with Crippen molar-refractivity contribution in [1.82, 2.24) is 9.29 Å². The maximum atomic E-state index is 13.7. The van der Waals surface area contributed by atoms with Gasteiger partial charge >= 0.3 is 0 Å². The molecule has 0 N–H and O–H groups in total. The van der Waals surface area contributed by atoms with Crippen LogP contribution >= 0.6 is 11.3 Å². The molecule has 0 unspecified atom stereocenters. The Hall–Kier alpha value is -4.19. The number of nitrogens with zero attached hydrogens (tertiary/aromatic N) is 4. The summed E-state index contributed by atoms with van der Waals surface area (Å²) in [5.74, 6) is -0.538. The lowest BCUT2D eigenvalue weighted by Crippen LogP contribution is -2.30.